The molecular formula is C25H28O3S2. The fourth-order valence-electron chi connectivity index (χ4n) is 3.18. The molecule has 1 heterocycles. The van der Waals surface area contributed by atoms with Crippen LogP contribution in [0.25, 0.3) is 20.5 Å². The van der Waals surface area contributed by atoms with Gasteiger partial charge in [-0.05, 0) is 61.0 Å². The summed E-state index contributed by atoms with van der Waals surface area (Å²) in [5.41, 5.74) is 2.87. The first-order chi connectivity index (χ1) is 14.5. The number of esters is 1. The lowest BCUT2D eigenvalue weighted by Gasteiger charge is -2.09. The average Bonchev–Trinajstić information content (AvgIpc) is 3.16. The van der Waals surface area contributed by atoms with Crippen molar-refractivity contribution >= 4 is 39.2 Å². The predicted octanol–water partition coefficient (Wildman–Crippen LogP) is 7.48. The summed E-state index contributed by atoms with van der Waals surface area (Å²) in [6.07, 6.45) is 4.79. The topological polar surface area (TPSA) is 35.5 Å². The Kier molecular flexibility index (Phi) is 8.00. The molecule has 0 bridgehead atoms. The van der Waals surface area contributed by atoms with E-state index in [0.717, 1.165) is 22.6 Å². The Labute approximate surface area is 187 Å². The van der Waals surface area contributed by atoms with Crippen LogP contribution in [0.15, 0.2) is 59.5 Å². The lowest BCUT2D eigenvalue weighted by atomic mass is 10.0. The monoisotopic (exact) mass is 440 g/mol. The number of aryl methyl sites for hydroxylation is 1. The molecule has 0 aliphatic heterocycles. The smallest absolute Gasteiger partial charge is 0.333 e. The first kappa shape index (κ1) is 22.4. The minimum atomic E-state index is -0.354. The molecule has 0 fully saturated rings. The Morgan fingerprint density at radius 3 is 2.70 bits per heavy atom. The van der Waals surface area contributed by atoms with Gasteiger partial charge in [0.15, 0.2) is 0 Å². The standard InChI is InChI=1S/C25H28O3S2/c1-5-6-7-8-18-9-12-21(22(13-18)27-4)24-14-19-10-11-20(15-23(19)30-24)29-16-28-25(26)17(2)3/h9-15H,2,5-8,16H2,1,3-4H3. The lowest BCUT2D eigenvalue weighted by Crippen LogP contribution is -2.03. The Morgan fingerprint density at radius 1 is 1.13 bits per heavy atom. The lowest BCUT2D eigenvalue weighted by molar-refractivity contribution is -0.136. The van der Waals surface area contributed by atoms with Crippen LogP contribution in [0.4, 0.5) is 0 Å². The molecule has 158 valence electrons. The maximum absolute atomic E-state index is 11.5. The van der Waals surface area contributed by atoms with E-state index in [-0.39, 0.29) is 11.9 Å². The zero-order valence-corrected chi connectivity index (χ0v) is 19.5. The van der Waals surface area contributed by atoms with E-state index in [4.69, 9.17) is 9.47 Å². The molecule has 1 aromatic heterocycles. The van der Waals surface area contributed by atoms with E-state index in [1.807, 2.05) is 0 Å². The highest BCUT2D eigenvalue weighted by Crippen LogP contribution is 2.40. The Hall–Kier alpha value is -2.24. The molecule has 0 aliphatic rings. The zero-order valence-electron chi connectivity index (χ0n) is 17.8. The molecule has 0 saturated carbocycles. The number of hydrogen-bond donors (Lipinski definition) is 0. The van der Waals surface area contributed by atoms with Crippen molar-refractivity contribution in [2.75, 3.05) is 13.0 Å². The van der Waals surface area contributed by atoms with Crippen LogP contribution < -0.4 is 4.74 Å². The number of carbonyl (C=O) groups excluding carboxylic acids is 1. The number of hydrogen-bond acceptors (Lipinski definition) is 5. The maximum atomic E-state index is 11.5. The van der Waals surface area contributed by atoms with E-state index in [1.165, 1.54) is 51.6 Å². The quantitative estimate of drug-likeness (QED) is 0.108. The molecule has 0 saturated heterocycles. The van der Waals surface area contributed by atoms with E-state index in [9.17, 15) is 4.79 Å². The molecular weight excluding hydrogens is 412 g/mol. The van der Waals surface area contributed by atoms with Gasteiger partial charge in [0, 0.05) is 25.6 Å². The fourth-order valence-corrected chi connectivity index (χ4v) is 5.06. The first-order valence-corrected chi connectivity index (χ1v) is 12.0. The van der Waals surface area contributed by atoms with Gasteiger partial charge < -0.3 is 9.47 Å². The summed E-state index contributed by atoms with van der Waals surface area (Å²) in [5.74, 6) is 0.854. The zero-order chi connectivity index (χ0) is 21.5. The van der Waals surface area contributed by atoms with Crippen molar-refractivity contribution in [2.24, 2.45) is 0 Å². The Bertz CT molecular complexity index is 1040. The van der Waals surface area contributed by atoms with Gasteiger partial charge in [-0.1, -0.05) is 50.2 Å². The fraction of sp³-hybridized carbons (Fsp3) is 0.320. The van der Waals surface area contributed by atoms with Crippen molar-refractivity contribution in [3.63, 3.8) is 0 Å². The molecule has 2 aromatic carbocycles. The number of thiophene rings is 1. The largest absolute Gasteiger partial charge is 0.496 e. The van der Waals surface area contributed by atoms with Gasteiger partial charge in [0.1, 0.15) is 11.7 Å². The van der Waals surface area contributed by atoms with Gasteiger partial charge in [-0.15, -0.1) is 11.3 Å². The van der Waals surface area contributed by atoms with Crippen LogP contribution in [-0.4, -0.2) is 19.0 Å². The van der Waals surface area contributed by atoms with Gasteiger partial charge in [-0.25, -0.2) is 4.79 Å². The van der Waals surface area contributed by atoms with Crippen LogP contribution >= 0.6 is 23.1 Å². The van der Waals surface area contributed by atoms with Gasteiger partial charge in [-0.2, -0.15) is 0 Å². The highest BCUT2D eigenvalue weighted by atomic mass is 32.2. The number of unbranched alkanes of at least 4 members (excludes halogenated alkanes) is 2. The van der Waals surface area contributed by atoms with Crippen LogP contribution in [0, 0.1) is 0 Å². The van der Waals surface area contributed by atoms with Gasteiger partial charge in [0.25, 0.3) is 0 Å². The van der Waals surface area contributed by atoms with Gasteiger partial charge >= 0.3 is 5.97 Å². The Balaban J connectivity index is 1.76. The summed E-state index contributed by atoms with van der Waals surface area (Å²) < 4.78 is 12.1. The second-order valence-corrected chi connectivity index (χ2v) is 9.36. The molecule has 0 unspecified atom stereocenters. The molecule has 3 rings (SSSR count). The third-order valence-electron chi connectivity index (χ3n) is 4.86. The summed E-state index contributed by atoms with van der Waals surface area (Å²) in [7, 11) is 1.74. The molecule has 3 nitrogen and oxygen atoms in total. The summed E-state index contributed by atoms with van der Waals surface area (Å²) in [4.78, 5) is 13.8. The minimum absolute atomic E-state index is 0.281. The third-order valence-corrected chi connectivity index (χ3v) is 6.81. The maximum Gasteiger partial charge on any atom is 0.333 e. The number of fused-ring (bicyclic) bond motifs is 1. The molecule has 0 atom stereocenters. The van der Waals surface area contributed by atoms with E-state index >= 15 is 0 Å². The SMILES string of the molecule is C=C(C)C(=O)OCSc1ccc2cc(-c3ccc(CCCCC)cc3OC)sc2c1. The summed E-state index contributed by atoms with van der Waals surface area (Å²) in [6.45, 7) is 7.48. The summed E-state index contributed by atoms with van der Waals surface area (Å²) in [6, 6.07) is 15.1. The molecule has 0 spiro atoms. The number of methoxy groups -OCH3 is 1. The highest BCUT2D eigenvalue weighted by Gasteiger charge is 2.12. The van der Waals surface area contributed by atoms with E-state index < -0.39 is 0 Å². The van der Waals surface area contributed by atoms with Crippen LogP contribution in [0.1, 0.15) is 38.7 Å². The number of rotatable bonds is 10. The molecule has 3 aromatic rings. The van der Waals surface area contributed by atoms with Gasteiger partial charge in [0.2, 0.25) is 0 Å². The highest BCUT2D eigenvalue weighted by molar-refractivity contribution is 7.99. The van der Waals surface area contributed by atoms with Crippen LogP contribution in [0.3, 0.4) is 0 Å². The molecule has 0 aliphatic carbocycles. The molecule has 0 radical (unpaired) electrons. The van der Waals surface area contributed by atoms with Crippen molar-refractivity contribution in [3.05, 3.63) is 60.2 Å². The van der Waals surface area contributed by atoms with E-state index in [0.29, 0.717) is 5.57 Å². The number of benzene rings is 2. The van der Waals surface area contributed by atoms with Gasteiger partial charge in [-0.3, -0.25) is 0 Å². The minimum Gasteiger partial charge on any atom is -0.496 e. The van der Waals surface area contributed by atoms with Crippen LogP contribution in [0.2, 0.25) is 0 Å². The van der Waals surface area contributed by atoms with Gasteiger partial charge in [0.05, 0.1) is 7.11 Å². The number of carbonyl (C=O) groups is 1. The summed E-state index contributed by atoms with van der Waals surface area (Å²) in [5, 5.41) is 1.20. The first-order valence-electron chi connectivity index (χ1n) is 10.2. The van der Waals surface area contributed by atoms with Crippen molar-refractivity contribution in [3.8, 4) is 16.2 Å². The Morgan fingerprint density at radius 2 is 1.97 bits per heavy atom. The van der Waals surface area contributed by atoms with Crippen LogP contribution in [-0.2, 0) is 16.0 Å². The molecule has 0 N–H and O–H groups in total. The van der Waals surface area contributed by atoms with Crippen molar-refractivity contribution in [1.29, 1.82) is 0 Å². The molecule has 5 heteroatoms. The number of thioether (sulfide) groups is 1. The second-order valence-electron chi connectivity index (χ2n) is 7.28. The second kappa shape index (κ2) is 10.7. The predicted molar refractivity (Wildman–Crippen MR) is 129 cm³/mol. The van der Waals surface area contributed by atoms with E-state index in [2.05, 4.69) is 56.0 Å². The molecule has 0 amide bonds. The van der Waals surface area contributed by atoms with Crippen molar-refractivity contribution < 1.29 is 14.3 Å². The number of ether oxygens (including phenoxy) is 2. The van der Waals surface area contributed by atoms with Crippen molar-refractivity contribution in [1.82, 2.24) is 0 Å². The van der Waals surface area contributed by atoms with Crippen molar-refractivity contribution in [2.45, 2.75) is 44.4 Å². The van der Waals surface area contributed by atoms with E-state index in [1.54, 1.807) is 25.4 Å². The normalized spacial score (nSPS) is 10.9. The van der Waals surface area contributed by atoms with Crippen LogP contribution in [0.5, 0.6) is 5.75 Å². The average molecular weight is 441 g/mol. The summed E-state index contributed by atoms with van der Waals surface area (Å²) >= 11 is 3.25. The third kappa shape index (κ3) is 5.67. The molecule has 30 heavy (non-hydrogen) atoms.